The summed E-state index contributed by atoms with van der Waals surface area (Å²) in [5.74, 6) is 0.473. The molecule has 0 aliphatic heterocycles. The predicted octanol–water partition coefficient (Wildman–Crippen LogP) is 0.414. The van der Waals surface area contributed by atoms with Gasteiger partial charge in [-0.05, 0) is 24.6 Å². The zero-order chi connectivity index (χ0) is 13.5. The molecule has 0 aromatic carbocycles. The zero-order valence-electron chi connectivity index (χ0n) is 10.5. The molecule has 2 aromatic rings. The van der Waals surface area contributed by atoms with E-state index in [4.69, 9.17) is 10.5 Å². The fourth-order valence-electron chi connectivity index (χ4n) is 1.55. The molecule has 0 radical (unpaired) electrons. The fourth-order valence-corrected chi connectivity index (χ4v) is 1.55. The van der Waals surface area contributed by atoms with E-state index in [1.807, 2.05) is 12.1 Å². The molecule has 2 rings (SSSR count). The van der Waals surface area contributed by atoms with Crippen LogP contribution in [0.2, 0.25) is 0 Å². The van der Waals surface area contributed by atoms with Gasteiger partial charge < -0.3 is 10.5 Å². The molecule has 6 nitrogen and oxygen atoms in total. The number of hydrogen-bond acceptors (Lipinski definition) is 5. The van der Waals surface area contributed by atoms with Gasteiger partial charge in [-0.1, -0.05) is 6.07 Å². The molecular formula is C13H16N4O2. The molecule has 0 amide bonds. The molecular weight excluding hydrogens is 244 g/mol. The Morgan fingerprint density at radius 1 is 1.37 bits per heavy atom. The first-order chi connectivity index (χ1) is 9.29. The van der Waals surface area contributed by atoms with Crippen LogP contribution < -0.4 is 16.0 Å². The molecule has 0 atom stereocenters. The minimum absolute atomic E-state index is 0.200. The summed E-state index contributed by atoms with van der Waals surface area (Å²) in [6.07, 6.45) is 5.68. The molecule has 0 aliphatic carbocycles. The van der Waals surface area contributed by atoms with Gasteiger partial charge in [-0.3, -0.25) is 9.78 Å². The number of pyridine rings is 1. The third kappa shape index (κ3) is 3.89. The van der Waals surface area contributed by atoms with Crippen molar-refractivity contribution in [3.8, 4) is 5.75 Å². The Hall–Kier alpha value is -2.21. The van der Waals surface area contributed by atoms with Gasteiger partial charge in [0.25, 0.3) is 5.56 Å². The van der Waals surface area contributed by atoms with Crippen LogP contribution in [0.25, 0.3) is 0 Å². The number of ether oxygens (including phenoxy) is 1. The van der Waals surface area contributed by atoms with Gasteiger partial charge in [0.2, 0.25) is 0 Å². The van der Waals surface area contributed by atoms with Crippen molar-refractivity contribution in [1.29, 1.82) is 0 Å². The summed E-state index contributed by atoms with van der Waals surface area (Å²) in [6, 6.07) is 5.15. The molecule has 2 aromatic heterocycles. The number of nitrogens with zero attached hydrogens (tertiary/aromatic N) is 3. The van der Waals surface area contributed by atoms with E-state index in [9.17, 15) is 4.79 Å². The van der Waals surface area contributed by atoms with E-state index in [-0.39, 0.29) is 5.56 Å². The molecule has 100 valence electrons. The summed E-state index contributed by atoms with van der Waals surface area (Å²) in [7, 11) is 0. The summed E-state index contributed by atoms with van der Waals surface area (Å²) >= 11 is 0. The van der Waals surface area contributed by atoms with Crippen LogP contribution in [0.4, 0.5) is 0 Å². The second kappa shape index (κ2) is 6.65. The third-order valence-corrected chi connectivity index (χ3v) is 2.52. The highest BCUT2D eigenvalue weighted by Crippen LogP contribution is 2.04. The predicted molar refractivity (Wildman–Crippen MR) is 71.0 cm³/mol. The van der Waals surface area contributed by atoms with Crippen LogP contribution in [0, 0.1) is 0 Å². The molecule has 0 bridgehead atoms. The zero-order valence-corrected chi connectivity index (χ0v) is 10.5. The monoisotopic (exact) mass is 260 g/mol. The Morgan fingerprint density at radius 2 is 2.26 bits per heavy atom. The molecule has 19 heavy (non-hydrogen) atoms. The molecule has 0 spiro atoms. The van der Waals surface area contributed by atoms with Crippen LogP contribution in [-0.4, -0.2) is 27.9 Å². The lowest BCUT2D eigenvalue weighted by atomic mass is 10.3. The van der Waals surface area contributed by atoms with Gasteiger partial charge in [0, 0.05) is 18.5 Å². The van der Waals surface area contributed by atoms with Crippen LogP contribution in [0.3, 0.4) is 0 Å². The summed E-state index contributed by atoms with van der Waals surface area (Å²) in [5.41, 5.74) is 6.09. The Bertz CT molecular complexity index is 568. The van der Waals surface area contributed by atoms with Crippen molar-refractivity contribution in [3.63, 3.8) is 0 Å². The van der Waals surface area contributed by atoms with Crippen molar-refractivity contribution in [2.75, 3.05) is 13.2 Å². The lowest BCUT2D eigenvalue weighted by Gasteiger charge is -2.07. The van der Waals surface area contributed by atoms with Crippen LogP contribution in [0.5, 0.6) is 5.75 Å². The number of hydrogen-bond donors (Lipinski definition) is 1. The minimum Gasteiger partial charge on any atom is -0.492 e. The van der Waals surface area contributed by atoms with Crippen LogP contribution in [-0.2, 0) is 6.54 Å². The van der Waals surface area contributed by atoms with Crippen LogP contribution >= 0.6 is 0 Å². The topological polar surface area (TPSA) is 83.0 Å². The molecule has 0 saturated carbocycles. The molecule has 0 fully saturated rings. The SMILES string of the molecule is NCCCOc1cnn(Cc2cccnc2)c(=O)c1. The maximum atomic E-state index is 11.9. The summed E-state index contributed by atoms with van der Waals surface area (Å²) < 4.78 is 6.73. The van der Waals surface area contributed by atoms with Crippen molar-refractivity contribution in [2.45, 2.75) is 13.0 Å². The van der Waals surface area contributed by atoms with E-state index in [0.29, 0.717) is 25.4 Å². The first-order valence-corrected chi connectivity index (χ1v) is 6.08. The van der Waals surface area contributed by atoms with E-state index >= 15 is 0 Å². The van der Waals surface area contributed by atoms with Crippen molar-refractivity contribution in [2.24, 2.45) is 5.73 Å². The normalized spacial score (nSPS) is 10.4. The van der Waals surface area contributed by atoms with Crippen molar-refractivity contribution < 1.29 is 4.74 Å². The second-order valence-electron chi connectivity index (χ2n) is 4.04. The highest BCUT2D eigenvalue weighted by molar-refractivity contribution is 5.15. The van der Waals surface area contributed by atoms with Gasteiger partial charge in [-0.2, -0.15) is 5.10 Å². The number of rotatable bonds is 6. The van der Waals surface area contributed by atoms with E-state index in [1.165, 1.54) is 16.9 Å². The van der Waals surface area contributed by atoms with E-state index in [1.54, 1.807) is 12.4 Å². The highest BCUT2D eigenvalue weighted by Gasteiger charge is 2.02. The van der Waals surface area contributed by atoms with E-state index in [2.05, 4.69) is 10.1 Å². The smallest absolute Gasteiger partial charge is 0.270 e. The summed E-state index contributed by atoms with van der Waals surface area (Å²) in [4.78, 5) is 15.9. The van der Waals surface area contributed by atoms with Gasteiger partial charge in [0.1, 0.15) is 5.75 Å². The van der Waals surface area contributed by atoms with Crippen LogP contribution in [0.1, 0.15) is 12.0 Å². The molecule has 2 heterocycles. The quantitative estimate of drug-likeness (QED) is 0.761. The standard InChI is InChI=1S/C13H16N4O2/c14-4-2-6-19-12-7-13(18)17(16-9-12)10-11-3-1-5-15-8-11/h1,3,5,7-9H,2,4,6,10,14H2. The Balaban J connectivity index is 2.05. The van der Waals surface area contributed by atoms with Gasteiger partial charge in [0.15, 0.2) is 0 Å². The van der Waals surface area contributed by atoms with Crippen molar-refractivity contribution in [3.05, 3.63) is 52.7 Å². The average Bonchev–Trinajstić information content (AvgIpc) is 2.43. The van der Waals surface area contributed by atoms with E-state index < -0.39 is 0 Å². The largest absolute Gasteiger partial charge is 0.492 e. The molecule has 2 N–H and O–H groups in total. The summed E-state index contributed by atoms with van der Waals surface area (Å²) in [6.45, 7) is 1.45. The first kappa shape index (κ1) is 13.2. The number of aromatic nitrogens is 3. The highest BCUT2D eigenvalue weighted by atomic mass is 16.5. The maximum Gasteiger partial charge on any atom is 0.270 e. The summed E-state index contributed by atoms with van der Waals surface area (Å²) in [5, 5.41) is 4.07. The Kier molecular flexibility index (Phi) is 4.63. The second-order valence-corrected chi connectivity index (χ2v) is 4.04. The van der Waals surface area contributed by atoms with Crippen molar-refractivity contribution in [1.82, 2.24) is 14.8 Å². The molecule has 6 heteroatoms. The molecule has 0 unspecified atom stereocenters. The van der Waals surface area contributed by atoms with Gasteiger partial charge in [-0.25, -0.2) is 4.68 Å². The Morgan fingerprint density at radius 3 is 2.95 bits per heavy atom. The van der Waals surface area contributed by atoms with E-state index in [0.717, 1.165) is 12.0 Å². The fraction of sp³-hybridized carbons (Fsp3) is 0.308. The first-order valence-electron chi connectivity index (χ1n) is 6.08. The minimum atomic E-state index is -0.200. The van der Waals surface area contributed by atoms with Gasteiger partial charge in [-0.15, -0.1) is 0 Å². The lowest BCUT2D eigenvalue weighted by Crippen LogP contribution is -2.22. The van der Waals surface area contributed by atoms with Crippen molar-refractivity contribution >= 4 is 0 Å². The van der Waals surface area contributed by atoms with Crippen LogP contribution in [0.15, 0.2) is 41.6 Å². The lowest BCUT2D eigenvalue weighted by molar-refractivity contribution is 0.309. The van der Waals surface area contributed by atoms with Gasteiger partial charge >= 0.3 is 0 Å². The molecule has 0 saturated heterocycles. The number of nitrogens with two attached hydrogens (primary N) is 1. The third-order valence-electron chi connectivity index (χ3n) is 2.52. The maximum absolute atomic E-state index is 11.9. The van der Waals surface area contributed by atoms with Gasteiger partial charge in [0.05, 0.1) is 19.3 Å². The molecule has 0 aliphatic rings. The Labute approximate surface area is 110 Å². The average molecular weight is 260 g/mol.